The van der Waals surface area contributed by atoms with Crippen LogP contribution < -0.4 is 35.3 Å². The maximum atomic E-state index is 10.6. The van der Waals surface area contributed by atoms with Crippen molar-refractivity contribution in [3.8, 4) is 0 Å². The number of carboxylic acids is 1. The van der Waals surface area contributed by atoms with Crippen molar-refractivity contribution >= 4 is 23.3 Å². The van der Waals surface area contributed by atoms with Crippen molar-refractivity contribution in [3.05, 3.63) is 28.3 Å². The molecule has 0 spiro atoms. The van der Waals surface area contributed by atoms with E-state index in [9.17, 15) is 4.79 Å². The van der Waals surface area contributed by atoms with E-state index in [1.54, 1.807) is 6.92 Å². The summed E-state index contributed by atoms with van der Waals surface area (Å²) >= 11 is 5.72. The molecule has 6 heteroatoms. The van der Waals surface area contributed by atoms with E-state index in [2.05, 4.69) is 0 Å². The molecule has 1 aromatic rings. The fourth-order valence-electron chi connectivity index (χ4n) is 0.882. The second-order valence-electron chi connectivity index (χ2n) is 2.49. The third-order valence-corrected chi connectivity index (χ3v) is 1.97. The number of benzene rings is 1. The minimum absolute atomic E-state index is 0. The predicted molar refractivity (Wildman–Crippen MR) is 49.5 cm³/mol. The average Bonchev–Trinajstić information content (AvgIpc) is 1.96. The largest absolute Gasteiger partial charge is 1.00 e. The molecular weight excluding hydrogens is 217 g/mol. The van der Waals surface area contributed by atoms with Gasteiger partial charge in [0.1, 0.15) is 0 Å². The predicted octanol–water partition coefficient (Wildman–Crippen LogP) is -1.24. The number of carbonyl (C=O) groups is 1. The minimum Gasteiger partial charge on any atom is -0.870 e. The topological polar surface area (TPSA) is 93.3 Å². The van der Waals surface area contributed by atoms with Crippen LogP contribution in [0.5, 0.6) is 0 Å². The third-order valence-electron chi connectivity index (χ3n) is 1.56. The summed E-state index contributed by atoms with van der Waals surface area (Å²) in [6.07, 6.45) is 0. The van der Waals surface area contributed by atoms with Gasteiger partial charge < -0.3 is 16.3 Å². The van der Waals surface area contributed by atoms with Gasteiger partial charge >= 0.3 is 35.5 Å². The molecule has 0 amide bonds. The second-order valence-corrected chi connectivity index (χ2v) is 2.90. The van der Waals surface area contributed by atoms with Crippen molar-refractivity contribution < 1.29 is 44.9 Å². The minimum atomic E-state index is -1.03. The summed E-state index contributed by atoms with van der Waals surface area (Å²) in [6, 6.07) is 2.90. The van der Waals surface area contributed by atoms with Gasteiger partial charge in [0.05, 0.1) is 5.56 Å². The molecule has 1 rings (SSSR count). The SMILES string of the molecule is Cc1cc(C(=O)O)c(N)cc1Cl.[Na+].[OH-]. The van der Waals surface area contributed by atoms with Crippen LogP contribution in [-0.2, 0) is 0 Å². The summed E-state index contributed by atoms with van der Waals surface area (Å²) in [4.78, 5) is 10.6. The van der Waals surface area contributed by atoms with Crippen molar-refractivity contribution in [1.82, 2.24) is 0 Å². The van der Waals surface area contributed by atoms with E-state index in [-0.39, 0.29) is 46.3 Å². The summed E-state index contributed by atoms with van der Waals surface area (Å²) in [5.74, 6) is -1.03. The van der Waals surface area contributed by atoms with Gasteiger partial charge in [-0.1, -0.05) is 11.6 Å². The standard InChI is InChI=1S/C8H8ClNO2.Na.H2O/c1-4-2-5(8(11)12)7(10)3-6(4)9;;/h2-3H,10H2,1H3,(H,11,12);;1H2/q;+1;/p-1. The first-order chi connectivity index (χ1) is 5.52. The molecule has 4 N–H and O–H groups in total. The van der Waals surface area contributed by atoms with Gasteiger partial charge in [0.15, 0.2) is 0 Å². The van der Waals surface area contributed by atoms with E-state index in [1.807, 2.05) is 0 Å². The third kappa shape index (κ3) is 3.48. The Morgan fingerprint density at radius 2 is 2.00 bits per heavy atom. The van der Waals surface area contributed by atoms with Crippen LogP contribution in [0, 0.1) is 6.92 Å². The molecule has 0 saturated heterocycles. The molecule has 4 nitrogen and oxygen atoms in total. The van der Waals surface area contributed by atoms with Crippen molar-refractivity contribution in [2.75, 3.05) is 5.73 Å². The Labute approximate surface area is 109 Å². The van der Waals surface area contributed by atoms with Crippen LogP contribution in [0.3, 0.4) is 0 Å². The fraction of sp³-hybridized carbons (Fsp3) is 0.125. The maximum Gasteiger partial charge on any atom is 1.00 e. The molecule has 0 aromatic heterocycles. The zero-order chi connectivity index (χ0) is 9.30. The van der Waals surface area contributed by atoms with E-state index in [0.717, 1.165) is 0 Å². The Morgan fingerprint density at radius 3 is 2.43 bits per heavy atom. The number of aromatic carboxylic acids is 1. The van der Waals surface area contributed by atoms with Crippen LogP contribution >= 0.6 is 11.6 Å². The van der Waals surface area contributed by atoms with Gasteiger partial charge in [-0.2, -0.15) is 0 Å². The van der Waals surface area contributed by atoms with Gasteiger partial charge in [-0.25, -0.2) is 4.79 Å². The van der Waals surface area contributed by atoms with E-state index in [4.69, 9.17) is 22.4 Å². The number of nitrogen functional groups attached to an aromatic ring is 1. The average molecular weight is 226 g/mol. The number of rotatable bonds is 1. The maximum absolute atomic E-state index is 10.6. The number of anilines is 1. The van der Waals surface area contributed by atoms with Crippen LogP contribution in [0.4, 0.5) is 5.69 Å². The number of nitrogens with two attached hydrogens (primary N) is 1. The molecular formula is C8H9ClNNaO3. The Hall–Kier alpha value is -0.260. The smallest absolute Gasteiger partial charge is 0.870 e. The van der Waals surface area contributed by atoms with E-state index in [1.165, 1.54) is 12.1 Å². The van der Waals surface area contributed by atoms with Gasteiger partial charge in [-0.3, -0.25) is 0 Å². The first-order valence-corrected chi connectivity index (χ1v) is 3.69. The molecule has 0 saturated carbocycles. The Morgan fingerprint density at radius 1 is 1.50 bits per heavy atom. The molecule has 1 aromatic carbocycles. The zero-order valence-corrected chi connectivity index (χ0v) is 10.7. The first kappa shape index (κ1) is 16.2. The van der Waals surface area contributed by atoms with Crippen molar-refractivity contribution in [2.24, 2.45) is 0 Å². The summed E-state index contributed by atoms with van der Waals surface area (Å²) in [5.41, 5.74) is 6.42. The molecule has 0 radical (unpaired) electrons. The van der Waals surface area contributed by atoms with Gasteiger partial charge in [-0.05, 0) is 24.6 Å². The number of hydrogen-bond donors (Lipinski definition) is 2. The molecule has 0 aliphatic rings. The molecule has 0 heterocycles. The van der Waals surface area contributed by atoms with E-state index >= 15 is 0 Å². The number of hydrogen-bond acceptors (Lipinski definition) is 3. The molecule has 0 fully saturated rings. The first-order valence-electron chi connectivity index (χ1n) is 3.31. The van der Waals surface area contributed by atoms with Crippen LogP contribution in [0.1, 0.15) is 15.9 Å². The van der Waals surface area contributed by atoms with Gasteiger partial charge in [0.25, 0.3) is 0 Å². The van der Waals surface area contributed by atoms with Gasteiger partial charge in [0.2, 0.25) is 0 Å². The summed E-state index contributed by atoms with van der Waals surface area (Å²) < 4.78 is 0. The molecule has 72 valence electrons. The van der Waals surface area contributed by atoms with Gasteiger partial charge in [0, 0.05) is 10.7 Å². The number of halogens is 1. The number of aryl methyl sites for hydroxylation is 1. The quantitative estimate of drug-likeness (QED) is 0.462. The molecule has 14 heavy (non-hydrogen) atoms. The van der Waals surface area contributed by atoms with Crippen LogP contribution in [0.2, 0.25) is 5.02 Å². The summed E-state index contributed by atoms with van der Waals surface area (Å²) in [7, 11) is 0. The monoisotopic (exact) mass is 225 g/mol. The van der Waals surface area contributed by atoms with Gasteiger partial charge in [-0.15, -0.1) is 0 Å². The zero-order valence-electron chi connectivity index (χ0n) is 7.91. The Bertz CT molecular complexity index is 344. The second kappa shape index (κ2) is 6.27. The number of carboxylic acid groups (broad SMARTS) is 1. The van der Waals surface area contributed by atoms with Crippen molar-refractivity contribution in [1.29, 1.82) is 0 Å². The molecule has 0 aliphatic carbocycles. The molecule has 0 aliphatic heterocycles. The summed E-state index contributed by atoms with van der Waals surface area (Å²) in [5, 5.41) is 9.14. The molecule has 0 bridgehead atoms. The van der Waals surface area contributed by atoms with Crippen molar-refractivity contribution in [2.45, 2.75) is 6.92 Å². The Kier molecular flexibility index (Phi) is 7.24. The summed E-state index contributed by atoms with van der Waals surface area (Å²) in [6.45, 7) is 1.73. The fourth-order valence-corrected chi connectivity index (χ4v) is 1.05. The van der Waals surface area contributed by atoms with Crippen LogP contribution in [0.25, 0.3) is 0 Å². The normalized spacial score (nSPS) is 8.43. The Balaban J connectivity index is 0. The van der Waals surface area contributed by atoms with E-state index in [0.29, 0.717) is 10.6 Å². The van der Waals surface area contributed by atoms with Crippen molar-refractivity contribution in [3.63, 3.8) is 0 Å². The van der Waals surface area contributed by atoms with Crippen LogP contribution in [0.15, 0.2) is 12.1 Å². The molecule has 0 atom stereocenters. The van der Waals surface area contributed by atoms with Crippen LogP contribution in [-0.4, -0.2) is 16.6 Å². The molecule has 0 unspecified atom stereocenters. The van der Waals surface area contributed by atoms with E-state index < -0.39 is 5.97 Å².